The van der Waals surface area contributed by atoms with Gasteiger partial charge in [0.05, 0.1) is 18.2 Å². The van der Waals surface area contributed by atoms with Crippen LogP contribution < -0.4 is 25.8 Å². The molecule has 1 aromatic carbocycles. The minimum atomic E-state index is -0.972. The lowest BCUT2D eigenvalue weighted by molar-refractivity contribution is -0.141. The fourth-order valence-corrected chi connectivity index (χ4v) is 2.68. The number of nitrogens with one attached hydrogen (secondary N) is 3. The number of nitrogens with zero attached hydrogens (tertiary/aromatic N) is 1. The van der Waals surface area contributed by atoms with Crippen molar-refractivity contribution in [3.8, 4) is 5.75 Å². The van der Waals surface area contributed by atoms with Crippen molar-refractivity contribution in [1.82, 2.24) is 16.2 Å². The summed E-state index contributed by atoms with van der Waals surface area (Å²) in [6.45, 7) is 5.87. The predicted octanol–water partition coefficient (Wildman–Crippen LogP) is 0.110. The maximum absolute atomic E-state index is 12.4. The van der Waals surface area contributed by atoms with Gasteiger partial charge >= 0.3 is 11.8 Å². The van der Waals surface area contributed by atoms with Crippen LogP contribution >= 0.6 is 0 Å². The van der Waals surface area contributed by atoms with Gasteiger partial charge in [0.15, 0.2) is 0 Å². The molecular formula is C18H24N4O5. The van der Waals surface area contributed by atoms with E-state index >= 15 is 0 Å². The van der Waals surface area contributed by atoms with Crippen LogP contribution in [-0.2, 0) is 19.2 Å². The second kappa shape index (κ2) is 9.02. The Morgan fingerprint density at radius 2 is 1.89 bits per heavy atom. The molecule has 27 heavy (non-hydrogen) atoms. The van der Waals surface area contributed by atoms with Gasteiger partial charge in [-0.1, -0.05) is 12.1 Å². The summed E-state index contributed by atoms with van der Waals surface area (Å²) in [5, 5.41) is 2.41. The van der Waals surface area contributed by atoms with E-state index in [4.69, 9.17) is 4.74 Å². The summed E-state index contributed by atoms with van der Waals surface area (Å²) in [6.07, 6.45) is 0.000351. The van der Waals surface area contributed by atoms with E-state index in [0.717, 1.165) is 0 Å². The van der Waals surface area contributed by atoms with Crippen molar-refractivity contribution in [3.63, 3.8) is 0 Å². The number of hydrazine groups is 1. The van der Waals surface area contributed by atoms with E-state index in [9.17, 15) is 19.2 Å². The minimum absolute atomic E-state index is 0.000351. The molecule has 0 aliphatic carbocycles. The van der Waals surface area contributed by atoms with E-state index in [1.807, 2.05) is 6.92 Å². The van der Waals surface area contributed by atoms with Gasteiger partial charge in [0.25, 0.3) is 0 Å². The topological polar surface area (TPSA) is 117 Å². The fourth-order valence-electron chi connectivity index (χ4n) is 2.68. The van der Waals surface area contributed by atoms with Crippen molar-refractivity contribution in [2.45, 2.75) is 33.2 Å². The molecule has 1 aliphatic rings. The number of carbonyl (C=O) groups excluding carboxylic acids is 4. The van der Waals surface area contributed by atoms with Gasteiger partial charge in [0.2, 0.25) is 11.8 Å². The highest BCUT2D eigenvalue weighted by atomic mass is 16.5. The SMILES string of the molecule is CCOc1ccccc1N1C[C@H](C(=O)NNC(=O)C(=O)NC(C)C)CC1=O. The first-order valence-corrected chi connectivity index (χ1v) is 8.76. The van der Waals surface area contributed by atoms with Gasteiger partial charge in [-0.05, 0) is 32.9 Å². The van der Waals surface area contributed by atoms with Gasteiger partial charge in [-0.15, -0.1) is 0 Å². The number of rotatable bonds is 5. The van der Waals surface area contributed by atoms with Crippen LogP contribution in [0.25, 0.3) is 0 Å². The molecule has 2 rings (SSSR count). The summed E-state index contributed by atoms with van der Waals surface area (Å²) in [7, 11) is 0. The Hall–Kier alpha value is -3.10. The summed E-state index contributed by atoms with van der Waals surface area (Å²) in [5.74, 6) is -2.66. The Balaban J connectivity index is 1.96. The molecule has 0 radical (unpaired) electrons. The molecule has 3 N–H and O–H groups in total. The van der Waals surface area contributed by atoms with Crippen LogP contribution in [-0.4, -0.2) is 42.8 Å². The molecule has 1 aliphatic heterocycles. The molecule has 9 heteroatoms. The molecule has 9 nitrogen and oxygen atoms in total. The Bertz CT molecular complexity index is 734. The van der Waals surface area contributed by atoms with E-state index in [1.54, 1.807) is 38.1 Å². The van der Waals surface area contributed by atoms with Gasteiger partial charge in [-0.2, -0.15) is 0 Å². The number of ether oxygens (including phenoxy) is 1. The largest absolute Gasteiger partial charge is 0.492 e. The summed E-state index contributed by atoms with van der Waals surface area (Å²) in [5.41, 5.74) is 4.86. The third-order valence-corrected chi connectivity index (χ3v) is 3.88. The lowest BCUT2D eigenvalue weighted by atomic mass is 10.1. The molecule has 1 atom stereocenters. The first-order valence-electron chi connectivity index (χ1n) is 8.76. The zero-order chi connectivity index (χ0) is 20.0. The van der Waals surface area contributed by atoms with Gasteiger partial charge in [-0.3, -0.25) is 30.0 Å². The van der Waals surface area contributed by atoms with Crippen LogP contribution in [0.15, 0.2) is 24.3 Å². The average Bonchev–Trinajstić information content (AvgIpc) is 3.01. The van der Waals surface area contributed by atoms with Crippen molar-refractivity contribution >= 4 is 29.3 Å². The van der Waals surface area contributed by atoms with Crippen molar-refractivity contribution in [2.75, 3.05) is 18.1 Å². The number of carbonyl (C=O) groups is 4. The number of amides is 4. The van der Waals surface area contributed by atoms with E-state index < -0.39 is 23.6 Å². The lowest BCUT2D eigenvalue weighted by Crippen LogP contribution is -2.51. The number of hydrogen-bond donors (Lipinski definition) is 3. The maximum atomic E-state index is 12.4. The van der Waals surface area contributed by atoms with Crippen molar-refractivity contribution < 1.29 is 23.9 Å². The highest BCUT2D eigenvalue weighted by Gasteiger charge is 2.36. The molecule has 0 aromatic heterocycles. The average molecular weight is 376 g/mol. The molecule has 0 saturated carbocycles. The number of anilines is 1. The Morgan fingerprint density at radius 1 is 1.19 bits per heavy atom. The number of para-hydroxylation sites is 2. The zero-order valence-electron chi connectivity index (χ0n) is 15.6. The normalized spacial score (nSPS) is 16.2. The minimum Gasteiger partial charge on any atom is -0.492 e. The van der Waals surface area contributed by atoms with E-state index in [1.165, 1.54) is 4.90 Å². The smallest absolute Gasteiger partial charge is 0.327 e. The maximum Gasteiger partial charge on any atom is 0.327 e. The summed E-state index contributed by atoms with van der Waals surface area (Å²) in [6, 6.07) is 6.89. The Labute approximate surface area is 157 Å². The standard InChI is InChI=1S/C18H24N4O5/c1-4-27-14-8-6-5-7-13(14)22-10-12(9-15(22)23)16(24)20-21-18(26)17(25)19-11(2)3/h5-8,11-12H,4,9-10H2,1-3H3,(H,19,25)(H,20,24)(H,21,26)/t12-/m1/s1. The molecule has 1 fully saturated rings. The fraction of sp³-hybridized carbons (Fsp3) is 0.444. The van der Waals surface area contributed by atoms with Gasteiger partial charge in [0, 0.05) is 19.0 Å². The van der Waals surface area contributed by atoms with Crippen molar-refractivity contribution in [1.29, 1.82) is 0 Å². The molecule has 146 valence electrons. The Kier molecular flexibility index (Phi) is 6.75. The van der Waals surface area contributed by atoms with E-state index in [-0.39, 0.29) is 24.9 Å². The van der Waals surface area contributed by atoms with Gasteiger partial charge in [0.1, 0.15) is 5.75 Å². The molecule has 0 spiro atoms. The second-order valence-corrected chi connectivity index (χ2v) is 6.38. The Morgan fingerprint density at radius 3 is 2.56 bits per heavy atom. The molecule has 4 amide bonds. The monoisotopic (exact) mass is 376 g/mol. The van der Waals surface area contributed by atoms with Crippen LogP contribution in [0.2, 0.25) is 0 Å². The molecular weight excluding hydrogens is 352 g/mol. The van der Waals surface area contributed by atoms with Crippen LogP contribution in [0.5, 0.6) is 5.75 Å². The third-order valence-electron chi connectivity index (χ3n) is 3.88. The van der Waals surface area contributed by atoms with Gasteiger partial charge in [-0.25, -0.2) is 0 Å². The van der Waals surface area contributed by atoms with Crippen LogP contribution in [0, 0.1) is 5.92 Å². The number of hydrogen-bond acceptors (Lipinski definition) is 5. The molecule has 0 bridgehead atoms. The third kappa shape index (κ3) is 5.19. The predicted molar refractivity (Wildman–Crippen MR) is 97.6 cm³/mol. The van der Waals surface area contributed by atoms with Crippen LogP contribution in [0.3, 0.4) is 0 Å². The first-order chi connectivity index (χ1) is 12.8. The van der Waals surface area contributed by atoms with Crippen LogP contribution in [0.4, 0.5) is 5.69 Å². The highest BCUT2D eigenvalue weighted by molar-refractivity contribution is 6.35. The summed E-state index contributed by atoms with van der Waals surface area (Å²) < 4.78 is 5.53. The van der Waals surface area contributed by atoms with E-state index in [0.29, 0.717) is 18.0 Å². The summed E-state index contributed by atoms with van der Waals surface area (Å²) >= 11 is 0. The van der Waals surface area contributed by atoms with E-state index in [2.05, 4.69) is 16.2 Å². The van der Waals surface area contributed by atoms with Gasteiger partial charge < -0.3 is 15.0 Å². The molecule has 1 aromatic rings. The second-order valence-electron chi connectivity index (χ2n) is 6.38. The first kappa shape index (κ1) is 20.2. The van der Waals surface area contributed by atoms with Crippen molar-refractivity contribution in [3.05, 3.63) is 24.3 Å². The van der Waals surface area contributed by atoms with Crippen LogP contribution in [0.1, 0.15) is 27.2 Å². The number of benzene rings is 1. The molecule has 0 unspecified atom stereocenters. The highest BCUT2D eigenvalue weighted by Crippen LogP contribution is 2.32. The molecule has 1 saturated heterocycles. The zero-order valence-corrected chi connectivity index (χ0v) is 15.6. The quantitative estimate of drug-likeness (QED) is 0.498. The van der Waals surface area contributed by atoms with Crippen molar-refractivity contribution in [2.24, 2.45) is 5.92 Å². The lowest BCUT2D eigenvalue weighted by Gasteiger charge is -2.20. The molecule has 1 heterocycles. The summed E-state index contributed by atoms with van der Waals surface area (Å²) in [4.78, 5) is 49.3.